The van der Waals surface area contributed by atoms with Gasteiger partial charge in [-0.3, -0.25) is 4.79 Å². The predicted molar refractivity (Wildman–Crippen MR) is 50.6 cm³/mol. The molecule has 2 rings (SSSR count). The second-order valence-corrected chi connectivity index (χ2v) is 3.94. The van der Waals surface area contributed by atoms with Crippen molar-refractivity contribution in [2.45, 2.75) is 32.8 Å². The lowest BCUT2D eigenvalue weighted by Gasteiger charge is -2.14. The molecule has 2 heterocycles. The molecule has 0 fully saturated rings. The van der Waals surface area contributed by atoms with E-state index in [1.54, 1.807) is 0 Å². The van der Waals surface area contributed by atoms with Crippen LogP contribution in [0.25, 0.3) is 0 Å². The summed E-state index contributed by atoms with van der Waals surface area (Å²) in [6, 6.07) is 0. The van der Waals surface area contributed by atoms with E-state index in [9.17, 15) is 4.79 Å². The highest BCUT2D eigenvalue weighted by Gasteiger charge is 2.19. The standard InChI is InChI=1S/C5H5N.C5H10O2/c1-2-5-4-6(5)3-1;1-5(2,3)7-4-6/h1,3-4H,2H2;4H,1-3H3. The molecular weight excluding hydrogens is 166 g/mol. The van der Waals surface area contributed by atoms with Crippen molar-refractivity contribution in [2.75, 3.05) is 0 Å². The summed E-state index contributed by atoms with van der Waals surface area (Å²) in [5.41, 5.74) is 1.15. The number of fused-ring (bicyclic) bond motifs is 1. The molecule has 3 nitrogen and oxygen atoms in total. The van der Waals surface area contributed by atoms with E-state index >= 15 is 0 Å². The molecule has 0 N–H and O–H groups in total. The van der Waals surface area contributed by atoms with E-state index < -0.39 is 0 Å². The molecule has 0 saturated heterocycles. The Hall–Kier alpha value is -1.25. The van der Waals surface area contributed by atoms with Gasteiger partial charge in [-0.1, -0.05) is 6.08 Å². The fourth-order valence-corrected chi connectivity index (χ4v) is 0.860. The topological polar surface area (TPSA) is 29.3 Å². The van der Waals surface area contributed by atoms with Gasteiger partial charge in [0.25, 0.3) is 6.47 Å². The first-order valence-corrected chi connectivity index (χ1v) is 4.30. The Morgan fingerprint density at radius 1 is 1.54 bits per heavy atom. The zero-order valence-corrected chi connectivity index (χ0v) is 8.28. The van der Waals surface area contributed by atoms with Crippen molar-refractivity contribution in [1.82, 2.24) is 4.90 Å². The summed E-state index contributed by atoms with van der Waals surface area (Å²) >= 11 is 0. The number of allylic oxidation sites excluding steroid dienone is 1. The van der Waals surface area contributed by atoms with Crippen LogP contribution < -0.4 is 0 Å². The Bertz CT molecular complexity index is 248. The number of hydrogen-bond acceptors (Lipinski definition) is 3. The number of carbonyl (C=O) groups is 1. The molecule has 0 radical (unpaired) electrons. The average Bonchev–Trinajstić information content (AvgIpc) is 2.58. The number of hydrogen-bond donors (Lipinski definition) is 0. The molecule has 0 bridgehead atoms. The summed E-state index contributed by atoms with van der Waals surface area (Å²) in [4.78, 5) is 11.7. The lowest BCUT2D eigenvalue weighted by molar-refractivity contribution is -0.138. The molecule has 0 aromatic carbocycles. The minimum absolute atomic E-state index is 0.318. The fourth-order valence-electron chi connectivity index (χ4n) is 0.860. The molecule has 0 amide bonds. The number of carbonyl (C=O) groups excluding carboxylic acids is 1. The summed E-state index contributed by atoms with van der Waals surface area (Å²) in [6.45, 7) is 5.92. The fraction of sp³-hybridized carbons (Fsp3) is 0.500. The summed E-state index contributed by atoms with van der Waals surface area (Å²) in [6.07, 6.45) is 7.56. The molecule has 2 aliphatic heterocycles. The highest BCUT2D eigenvalue weighted by atomic mass is 16.5. The molecule has 0 unspecified atom stereocenters. The van der Waals surface area contributed by atoms with Gasteiger partial charge in [0.1, 0.15) is 5.60 Å². The first-order chi connectivity index (χ1) is 6.03. The highest BCUT2D eigenvalue weighted by Crippen LogP contribution is 2.30. The normalized spacial score (nSPS) is 16.8. The third-order valence-electron chi connectivity index (χ3n) is 1.55. The maximum Gasteiger partial charge on any atom is 0.293 e. The lowest BCUT2D eigenvalue weighted by Crippen LogP contribution is -2.17. The van der Waals surface area contributed by atoms with E-state index in [1.165, 1.54) is 12.1 Å². The van der Waals surface area contributed by atoms with Crippen LogP contribution in [-0.4, -0.2) is 17.0 Å². The maximum atomic E-state index is 9.60. The molecule has 13 heavy (non-hydrogen) atoms. The van der Waals surface area contributed by atoms with Crippen molar-refractivity contribution in [2.24, 2.45) is 0 Å². The van der Waals surface area contributed by atoms with Crippen LogP contribution in [0.5, 0.6) is 0 Å². The van der Waals surface area contributed by atoms with E-state index in [0.717, 1.165) is 0 Å². The summed E-state index contributed by atoms with van der Waals surface area (Å²) < 4.78 is 4.55. The second kappa shape index (κ2) is 3.64. The van der Waals surface area contributed by atoms with Crippen LogP contribution in [0.4, 0.5) is 0 Å². The zero-order chi connectivity index (χ0) is 9.90. The first kappa shape index (κ1) is 9.84. The molecule has 72 valence electrons. The van der Waals surface area contributed by atoms with Gasteiger partial charge in [0.2, 0.25) is 0 Å². The zero-order valence-electron chi connectivity index (χ0n) is 8.28. The molecule has 0 spiro atoms. The average molecular weight is 181 g/mol. The van der Waals surface area contributed by atoms with Crippen LogP contribution in [-0.2, 0) is 9.53 Å². The van der Waals surface area contributed by atoms with Crippen molar-refractivity contribution >= 4 is 6.47 Å². The van der Waals surface area contributed by atoms with Crippen LogP contribution in [0.3, 0.4) is 0 Å². The molecule has 0 aliphatic carbocycles. The quantitative estimate of drug-likeness (QED) is 0.579. The van der Waals surface area contributed by atoms with Gasteiger partial charge in [0.05, 0.1) is 0 Å². The molecule has 3 heteroatoms. The summed E-state index contributed by atoms with van der Waals surface area (Å²) in [5.74, 6) is 0. The van der Waals surface area contributed by atoms with Gasteiger partial charge in [0, 0.05) is 24.5 Å². The van der Waals surface area contributed by atoms with E-state index in [-0.39, 0.29) is 5.60 Å². The van der Waals surface area contributed by atoms with E-state index in [2.05, 4.69) is 28.1 Å². The van der Waals surface area contributed by atoms with Crippen LogP contribution in [0.2, 0.25) is 0 Å². The number of nitrogens with zero attached hydrogens (tertiary/aromatic N) is 1. The van der Waals surface area contributed by atoms with Gasteiger partial charge in [-0.05, 0) is 20.8 Å². The largest absolute Gasteiger partial charge is 0.462 e. The van der Waals surface area contributed by atoms with E-state index in [1.807, 2.05) is 20.8 Å². The van der Waals surface area contributed by atoms with Crippen molar-refractivity contribution in [1.29, 1.82) is 0 Å². The van der Waals surface area contributed by atoms with Gasteiger partial charge in [-0.2, -0.15) is 0 Å². The number of ether oxygens (including phenoxy) is 1. The molecule has 0 atom stereocenters. The van der Waals surface area contributed by atoms with Crippen molar-refractivity contribution in [3.05, 3.63) is 24.2 Å². The lowest BCUT2D eigenvalue weighted by atomic mass is 10.2. The Balaban J connectivity index is 0.000000130. The van der Waals surface area contributed by atoms with Crippen molar-refractivity contribution in [3.63, 3.8) is 0 Å². The molecule has 2 aliphatic rings. The van der Waals surface area contributed by atoms with Crippen molar-refractivity contribution in [3.8, 4) is 0 Å². The molecular formula is C10H15NO2. The third-order valence-corrected chi connectivity index (χ3v) is 1.55. The van der Waals surface area contributed by atoms with Crippen molar-refractivity contribution < 1.29 is 9.53 Å². The Kier molecular flexibility index (Phi) is 2.76. The van der Waals surface area contributed by atoms with E-state index in [0.29, 0.717) is 6.47 Å². The predicted octanol–water partition coefficient (Wildman–Crippen LogP) is 2.02. The molecule has 0 saturated carbocycles. The minimum Gasteiger partial charge on any atom is -0.462 e. The maximum absolute atomic E-state index is 9.60. The van der Waals surface area contributed by atoms with Crippen LogP contribution in [0, 0.1) is 0 Å². The van der Waals surface area contributed by atoms with Gasteiger partial charge in [-0.25, -0.2) is 0 Å². The molecule has 0 aromatic rings. The second-order valence-electron chi connectivity index (χ2n) is 3.94. The molecule has 0 aromatic heterocycles. The monoisotopic (exact) mass is 181 g/mol. The highest BCUT2D eigenvalue weighted by molar-refractivity contribution is 5.37. The number of rotatable bonds is 1. The Morgan fingerprint density at radius 2 is 2.23 bits per heavy atom. The van der Waals surface area contributed by atoms with Crippen LogP contribution >= 0.6 is 0 Å². The van der Waals surface area contributed by atoms with Crippen LogP contribution in [0.15, 0.2) is 24.2 Å². The van der Waals surface area contributed by atoms with Crippen LogP contribution in [0.1, 0.15) is 27.2 Å². The minimum atomic E-state index is -0.318. The van der Waals surface area contributed by atoms with Gasteiger partial charge >= 0.3 is 0 Å². The first-order valence-electron chi connectivity index (χ1n) is 4.30. The smallest absolute Gasteiger partial charge is 0.293 e. The summed E-state index contributed by atoms with van der Waals surface area (Å²) in [7, 11) is 0. The van der Waals surface area contributed by atoms with Gasteiger partial charge < -0.3 is 9.64 Å². The summed E-state index contributed by atoms with van der Waals surface area (Å²) in [5, 5.41) is 0. The third kappa shape index (κ3) is 3.78. The Labute approximate surface area is 78.7 Å². The van der Waals surface area contributed by atoms with Gasteiger partial charge in [0.15, 0.2) is 0 Å². The SMILES string of the molecule is C1=CN2C=C2C1.CC(C)(C)OC=O. The van der Waals surface area contributed by atoms with E-state index in [4.69, 9.17) is 0 Å². The van der Waals surface area contributed by atoms with Gasteiger partial charge in [-0.15, -0.1) is 0 Å². The Morgan fingerprint density at radius 3 is 2.31 bits per heavy atom.